The van der Waals surface area contributed by atoms with Gasteiger partial charge in [0.05, 0.1) is 5.56 Å². The van der Waals surface area contributed by atoms with Crippen molar-refractivity contribution in [1.82, 2.24) is 0 Å². The van der Waals surface area contributed by atoms with Crippen molar-refractivity contribution < 1.29 is 4.79 Å². The van der Waals surface area contributed by atoms with Crippen LogP contribution in [0.4, 0.5) is 0 Å². The van der Waals surface area contributed by atoms with E-state index in [1.165, 1.54) is 6.92 Å². The van der Waals surface area contributed by atoms with E-state index in [0.29, 0.717) is 16.0 Å². The van der Waals surface area contributed by atoms with Crippen molar-refractivity contribution in [2.75, 3.05) is 0 Å². The van der Waals surface area contributed by atoms with Crippen LogP contribution in [0, 0.1) is 11.3 Å². The van der Waals surface area contributed by atoms with Gasteiger partial charge < -0.3 is 0 Å². The van der Waals surface area contributed by atoms with E-state index in [1.54, 1.807) is 18.2 Å². The molecule has 4 heteroatoms. The number of nitrogens with zero attached hydrogens (tertiary/aromatic N) is 1. The largest absolute Gasteiger partial charge is 0.298 e. The van der Waals surface area contributed by atoms with Crippen molar-refractivity contribution in [2.24, 2.45) is 0 Å². The molecule has 0 heterocycles. The lowest BCUT2D eigenvalue weighted by Crippen LogP contribution is -2.01. The molecule has 0 aliphatic rings. The maximum absolute atomic E-state index is 11.0. The molecule has 2 nitrogen and oxygen atoms in total. The standard InChI is InChI=1S/C10H8ClNOS/c1-6(13)10(11)7-2-3-8(5-12)9(14)4-7/h2-4,10,14H,1H3. The average Bonchev–Trinajstić information content (AvgIpc) is 2.16. The van der Waals surface area contributed by atoms with E-state index in [4.69, 9.17) is 16.9 Å². The van der Waals surface area contributed by atoms with Crippen LogP contribution in [0.3, 0.4) is 0 Å². The van der Waals surface area contributed by atoms with Crippen LogP contribution in [0.2, 0.25) is 0 Å². The lowest BCUT2D eigenvalue weighted by atomic mass is 10.1. The molecule has 1 rings (SSSR count). The fourth-order valence-electron chi connectivity index (χ4n) is 1.04. The van der Waals surface area contributed by atoms with E-state index >= 15 is 0 Å². The van der Waals surface area contributed by atoms with Gasteiger partial charge in [-0.2, -0.15) is 5.26 Å². The predicted molar refractivity (Wildman–Crippen MR) is 57.7 cm³/mol. The van der Waals surface area contributed by atoms with Crippen LogP contribution in [-0.4, -0.2) is 5.78 Å². The van der Waals surface area contributed by atoms with E-state index < -0.39 is 5.38 Å². The highest BCUT2D eigenvalue weighted by Gasteiger charge is 2.13. The first kappa shape index (κ1) is 11.1. The van der Waals surface area contributed by atoms with Crippen LogP contribution < -0.4 is 0 Å². The van der Waals surface area contributed by atoms with Gasteiger partial charge in [0.15, 0.2) is 5.78 Å². The third-order valence-electron chi connectivity index (χ3n) is 1.79. The van der Waals surface area contributed by atoms with Crippen LogP contribution in [0.1, 0.15) is 23.4 Å². The van der Waals surface area contributed by atoms with E-state index in [9.17, 15) is 4.79 Å². The molecule has 0 bridgehead atoms. The fraction of sp³-hybridized carbons (Fsp3) is 0.200. The van der Waals surface area contributed by atoms with E-state index in [0.717, 1.165) is 0 Å². The number of hydrogen-bond acceptors (Lipinski definition) is 3. The quantitative estimate of drug-likeness (QED) is 0.621. The molecule has 0 radical (unpaired) electrons. The average molecular weight is 226 g/mol. The van der Waals surface area contributed by atoms with Gasteiger partial charge in [-0.25, -0.2) is 0 Å². The maximum atomic E-state index is 11.0. The molecule has 14 heavy (non-hydrogen) atoms. The molecule has 1 aromatic rings. The lowest BCUT2D eigenvalue weighted by molar-refractivity contribution is -0.116. The van der Waals surface area contributed by atoms with Crippen molar-refractivity contribution in [3.05, 3.63) is 29.3 Å². The number of ketones is 1. The number of halogens is 1. The second-order valence-electron chi connectivity index (χ2n) is 2.86. The number of hydrogen-bond donors (Lipinski definition) is 1. The van der Waals surface area contributed by atoms with Crippen LogP contribution in [0.15, 0.2) is 23.1 Å². The summed E-state index contributed by atoms with van der Waals surface area (Å²) in [5.74, 6) is -0.121. The van der Waals surface area contributed by atoms with Crippen LogP contribution >= 0.6 is 24.2 Å². The molecule has 1 atom stereocenters. The van der Waals surface area contributed by atoms with Crippen LogP contribution in [0.25, 0.3) is 0 Å². The molecule has 0 spiro atoms. The number of carbonyl (C=O) groups is 1. The number of alkyl halides is 1. The minimum absolute atomic E-state index is 0.121. The summed E-state index contributed by atoms with van der Waals surface area (Å²) >= 11 is 9.96. The highest BCUT2D eigenvalue weighted by atomic mass is 35.5. The minimum Gasteiger partial charge on any atom is -0.298 e. The minimum atomic E-state index is -0.659. The second-order valence-corrected chi connectivity index (χ2v) is 3.78. The Labute approximate surface area is 92.9 Å². The molecule has 0 aliphatic carbocycles. The molecule has 0 saturated carbocycles. The predicted octanol–water partition coefficient (Wildman–Crippen LogP) is 2.72. The van der Waals surface area contributed by atoms with Crippen molar-refractivity contribution in [3.63, 3.8) is 0 Å². The summed E-state index contributed by atoms with van der Waals surface area (Å²) in [5.41, 5.74) is 1.15. The number of nitriles is 1. The highest BCUT2D eigenvalue weighted by Crippen LogP contribution is 2.25. The molecule has 0 aromatic heterocycles. The third-order valence-corrected chi connectivity index (χ3v) is 2.72. The Kier molecular flexibility index (Phi) is 3.56. The lowest BCUT2D eigenvalue weighted by Gasteiger charge is -2.06. The van der Waals surface area contributed by atoms with Crippen molar-refractivity contribution >= 4 is 30.0 Å². The number of thiol groups is 1. The summed E-state index contributed by atoms with van der Waals surface area (Å²) in [5, 5.41) is 8.00. The Balaban J connectivity index is 3.10. The van der Waals surface area contributed by atoms with Gasteiger partial charge in [0, 0.05) is 4.90 Å². The van der Waals surface area contributed by atoms with Gasteiger partial charge in [-0.1, -0.05) is 6.07 Å². The number of carbonyl (C=O) groups excluding carboxylic acids is 1. The Morgan fingerprint density at radius 2 is 2.29 bits per heavy atom. The monoisotopic (exact) mass is 225 g/mol. The summed E-state index contributed by atoms with van der Waals surface area (Å²) in [6, 6.07) is 6.90. The maximum Gasteiger partial charge on any atom is 0.152 e. The zero-order chi connectivity index (χ0) is 10.7. The number of Topliss-reactive ketones (excluding diaryl/α,β-unsaturated/α-hetero) is 1. The Morgan fingerprint density at radius 1 is 1.64 bits per heavy atom. The SMILES string of the molecule is CC(=O)C(Cl)c1ccc(C#N)c(S)c1. The summed E-state index contributed by atoms with van der Waals surface area (Å²) in [6.07, 6.45) is 0. The molecule has 0 fully saturated rings. The topological polar surface area (TPSA) is 40.9 Å². The van der Waals surface area contributed by atoms with Gasteiger partial charge in [0.2, 0.25) is 0 Å². The normalized spacial score (nSPS) is 11.9. The number of benzene rings is 1. The molecule has 0 aliphatic heterocycles. The molecule has 0 N–H and O–H groups in total. The molecule has 1 unspecified atom stereocenters. The smallest absolute Gasteiger partial charge is 0.152 e. The van der Waals surface area contributed by atoms with Gasteiger partial charge in [-0.3, -0.25) is 4.79 Å². The molecule has 72 valence electrons. The Morgan fingerprint density at radius 3 is 2.71 bits per heavy atom. The van der Waals surface area contributed by atoms with Crippen LogP contribution in [0.5, 0.6) is 0 Å². The van der Waals surface area contributed by atoms with Gasteiger partial charge >= 0.3 is 0 Å². The summed E-state index contributed by atoms with van der Waals surface area (Å²) in [4.78, 5) is 11.5. The summed E-state index contributed by atoms with van der Waals surface area (Å²) < 4.78 is 0. The first-order chi connectivity index (χ1) is 6.56. The zero-order valence-electron chi connectivity index (χ0n) is 7.49. The van der Waals surface area contributed by atoms with Crippen molar-refractivity contribution in [2.45, 2.75) is 17.2 Å². The van der Waals surface area contributed by atoms with Crippen LogP contribution in [-0.2, 0) is 4.79 Å². The molecule has 1 aromatic carbocycles. The summed E-state index contributed by atoms with van der Waals surface area (Å²) in [7, 11) is 0. The second kappa shape index (κ2) is 4.50. The third kappa shape index (κ3) is 2.28. The van der Waals surface area contributed by atoms with E-state index in [1.807, 2.05) is 6.07 Å². The summed E-state index contributed by atoms with van der Waals surface area (Å²) in [6.45, 7) is 1.42. The first-order valence-corrected chi connectivity index (χ1v) is 4.82. The van der Waals surface area contributed by atoms with Gasteiger partial charge in [0.1, 0.15) is 11.4 Å². The van der Waals surface area contributed by atoms with Crippen molar-refractivity contribution in [3.8, 4) is 6.07 Å². The Hall–Kier alpha value is -0.980. The van der Waals surface area contributed by atoms with Crippen molar-refractivity contribution in [1.29, 1.82) is 5.26 Å². The molecular weight excluding hydrogens is 218 g/mol. The molecular formula is C10H8ClNOS. The zero-order valence-corrected chi connectivity index (χ0v) is 9.14. The van der Waals surface area contributed by atoms with E-state index in [-0.39, 0.29) is 5.78 Å². The highest BCUT2D eigenvalue weighted by molar-refractivity contribution is 7.80. The number of rotatable bonds is 2. The van der Waals surface area contributed by atoms with Gasteiger partial charge in [-0.15, -0.1) is 24.2 Å². The fourth-order valence-corrected chi connectivity index (χ4v) is 1.44. The van der Waals surface area contributed by atoms with E-state index in [2.05, 4.69) is 12.6 Å². The first-order valence-electron chi connectivity index (χ1n) is 3.93. The van der Waals surface area contributed by atoms with Gasteiger partial charge in [-0.05, 0) is 24.6 Å². The molecule has 0 amide bonds. The molecule has 0 saturated heterocycles. The Bertz CT molecular complexity index is 411. The van der Waals surface area contributed by atoms with Gasteiger partial charge in [0.25, 0.3) is 0 Å².